The second kappa shape index (κ2) is 10.5. The normalized spacial score (nSPS) is 23.9. The van der Waals surface area contributed by atoms with Gasteiger partial charge in [0.2, 0.25) is 0 Å². The lowest BCUT2D eigenvalue weighted by Gasteiger charge is -2.29. The standard InChI is InChI=1S/C43H33N3S/c44-26-28-10-1-5-16-37(28)46-40-19-8-4-13-33(40)34-15-9-14-30(43(34)46)27-20-22-41-35(24-27)36-25-29(21-23-42(36)47-41)45-38-17-6-2-11-31(38)32-12-3-7-18-39(32)45/h1-9,11,13-19,21-23,25,27-28,32,35H,10,12,20,24H2. The Bertz CT molecular complexity index is 2340. The van der Waals surface area contributed by atoms with Crippen molar-refractivity contribution in [2.75, 3.05) is 4.90 Å². The SMILES string of the molecule is N#CC1CC=CC=C1n1c2ccccc2c2cccc(C3CC=C4Sc5ccc(N6C7=CC=CCC7c7ccccc76)cc5C4C3)c21. The molecule has 0 amide bonds. The molecule has 0 radical (unpaired) electrons. The van der Waals surface area contributed by atoms with Crippen molar-refractivity contribution in [3.8, 4) is 6.07 Å². The van der Waals surface area contributed by atoms with E-state index in [1.165, 1.54) is 65.4 Å². The molecule has 2 aliphatic heterocycles. The molecule has 3 aliphatic carbocycles. The lowest BCUT2D eigenvalue weighted by molar-refractivity contribution is 0.563. The van der Waals surface area contributed by atoms with Gasteiger partial charge in [-0.1, -0.05) is 96.7 Å². The molecule has 0 bridgehead atoms. The zero-order chi connectivity index (χ0) is 31.1. The van der Waals surface area contributed by atoms with Crippen LogP contribution < -0.4 is 4.90 Å². The third kappa shape index (κ3) is 4.00. The van der Waals surface area contributed by atoms with Gasteiger partial charge < -0.3 is 9.47 Å². The van der Waals surface area contributed by atoms with Crippen LogP contribution in [0.5, 0.6) is 0 Å². The molecule has 0 N–H and O–H groups in total. The molecule has 5 aromatic rings. The van der Waals surface area contributed by atoms with E-state index in [9.17, 15) is 5.26 Å². The highest BCUT2D eigenvalue weighted by molar-refractivity contribution is 8.03. The van der Waals surface area contributed by atoms with Crippen LogP contribution in [0.4, 0.5) is 11.4 Å². The monoisotopic (exact) mass is 623 g/mol. The molecule has 5 aliphatic rings. The first kappa shape index (κ1) is 27.2. The van der Waals surface area contributed by atoms with Crippen molar-refractivity contribution in [1.82, 2.24) is 4.57 Å². The largest absolute Gasteiger partial charge is 0.313 e. The maximum atomic E-state index is 10.2. The Morgan fingerprint density at radius 3 is 2.47 bits per heavy atom. The molecular formula is C43H33N3S. The number of thioether (sulfide) groups is 1. The summed E-state index contributed by atoms with van der Waals surface area (Å²) in [5, 5.41) is 12.7. The molecule has 1 aromatic heterocycles. The smallest absolute Gasteiger partial charge is 0.0902 e. The second-order valence-electron chi connectivity index (χ2n) is 13.4. The zero-order valence-electron chi connectivity index (χ0n) is 26.0. The number of aromatic nitrogens is 1. The van der Waals surface area contributed by atoms with Gasteiger partial charge in [-0.3, -0.25) is 0 Å². The average molecular weight is 624 g/mol. The van der Waals surface area contributed by atoms with Crippen LogP contribution in [-0.4, -0.2) is 4.57 Å². The fourth-order valence-electron chi connectivity index (χ4n) is 8.87. The maximum Gasteiger partial charge on any atom is 0.0902 e. The second-order valence-corrected chi connectivity index (χ2v) is 14.5. The lowest BCUT2D eigenvalue weighted by Crippen LogP contribution is -2.15. The van der Waals surface area contributed by atoms with Crippen LogP contribution in [0.3, 0.4) is 0 Å². The summed E-state index contributed by atoms with van der Waals surface area (Å²) in [6.07, 6.45) is 19.7. The number of fused-ring (bicyclic) bond motifs is 9. The first-order chi connectivity index (χ1) is 23.3. The highest BCUT2D eigenvalue weighted by Gasteiger charge is 2.38. The Labute approximate surface area is 279 Å². The molecule has 10 rings (SSSR count). The minimum Gasteiger partial charge on any atom is -0.313 e. The van der Waals surface area contributed by atoms with Gasteiger partial charge >= 0.3 is 0 Å². The fourth-order valence-corrected chi connectivity index (χ4v) is 10.1. The summed E-state index contributed by atoms with van der Waals surface area (Å²) in [5.41, 5.74) is 11.8. The number of hydrogen-bond acceptors (Lipinski definition) is 3. The predicted octanol–water partition coefficient (Wildman–Crippen LogP) is 11.5. The number of rotatable bonds is 3. The number of benzene rings is 4. The molecule has 47 heavy (non-hydrogen) atoms. The van der Waals surface area contributed by atoms with Crippen LogP contribution in [0.1, 0.15) is 60.1 Å². The van der Waals surface area contributed by atoms with Crippen molar-refractivity contribution < 1.29 is 0 Å². The molecule has 226 valence electrons. The first-order valence-corrected chi connectivity index (χ1v) is 17.7. The summed E-state index contributed by atoms with van der Waals surface area (Å²) in [7, 11) is 0. The third-order valence-corrected chi connectivity index (χ3v) is 12.3. The molecule has 4 heteroatoms. The van der Waals surface area contributed by atoms with Gasteiger partial charge in [-0.15, -0.1) is 0 Å². The van der Waals surface area contributed by atoms with Crippen LogP contribution in [0.25, 0.3) is 27.5 Å². The number of anilines is 2. The highest BCUT2D eigenvalue weighted by Crippen LogP contribution is 2.58. The Balaban J connectivity index is 1.08. The van der Waals surface area contributed by atoms with E-state index in [1.54, 1.807) is 0 Å². The van der Waals surface area contributed by atoms with E-state index in [4.69, 9.17) is 0 Å². The van der Waals surface area contributed by atoms with Crippen LogP contribution in [0.2, 0.25) is 0 Å². The summed E-state index contributed by atoms with van der Waals surface area (Å²) in [4.78, 5) is 5.41. The van der Waals surface area contributed by atoms with E-state index in [1.807, 2.05) is 11.8 Å². The van der Waals surface area contributed by atoms with Gasteiger partial charge in [0.15, 0.2) is 0 Å². The lowest BCUT2D eigenvalue weighted by atomic mass is 9.78. The van der Waals surface area contributed by atoms with E-state index < -0.39 is 0 Å². The van der Waals surface area contributed by atoms with Gasteiger partial charge in [-0.05, 0) is 95.7 Å². The van der Waals surface area contributed by atoms with E-state index >= 15 is 0 Å². The molecule has 4 unspecified atom stereocenters. The number of hydrogen-bond donors (Lipinski definition) is 0. The summed E-state index contributed by atoms with van der Waals surface area (Å²) in [6, 6.07) is 34.3. The van der Waals surface area contributed by atoms with Crippen LogP contribution in [0.15, 0.2) is 143 Å². The molecule has 4 aromatic carbocycles. The van der Waals surface area contributed by atoms with Crippen molar-refractivity contribution in [2.24, 2.45) is 5.92 Å². The van der Waals surface area contributed by atoms with Gasteiger partial charge in [0.25, 0.3) is 0 Å². The zero-order valence-corrected chi connectivity index (χ0v) is 26.8. The Hall–Kier alpha value is -4.98. The Kier molecular flexibility index (Phi) is 6.08. The highest BCUT2D eigenvalue weighted by atomic mass is 32.2. The molecule has 3 heterocycles. The molecule has 0 saturated heterocycles. The van der Waals surface area contributed by atoms with Gasteiger partial charge in [-0.2, -0.15) is 5.26 Å². The minimum absolute atomic E-state index is 0.161. The van der Waals surface area contributed by atoms with E-state index in [0.717, 1.165) is 31.4 Å². The van der Waals surface area contributed by atoms with Gasteiger partial charge in [0, 0.05) is 50.3 Å². The van der Waals surface area contributed by atoms with Crippen LogP contribution >= 0.6 is 11.8 Å². The van der Waals surface area contributed by atoms with Crippen molar-refractivity contribution >= 4 is 50.6 Å². The van der Waals surface area contributed by atoms with Crippen molar-refractivity contribution in [1.29, 1.82) is 5.26 Å². The molecular weight excluding hydrogens is 591 g/mol. The Morgan fingerprint density at radius 2 is 1.53 bits per heavy atom. The number of nitrogens with zero attached hydrogens (tertiary/aromatic N) is 3. The summed E-state index contributed by atoms with van der Waals surface area (Å²) < 4.78 is 2.42. The third-order valence-electron chi connectivity index (χ3n) is 11.0. The quantitative estimate of drug-likeness (QED) is 0.200. The molecule has 3 nitrogen and oxygen atoms in total. The number of para-hydroxylation sites is 3. The predicted molar refractivity (Wildman–Crippen MR) is 195 cm³/mol. The maximum absolute atomic E-state index is 10.2. The van der Waals surface area contributed by atoms with Gasteiger partial charge in [0.05, 0.1) is 23.0 Å². The van der Waals surface area contributed by atoms with E-state index in [-0.39, 0.29) is 5.92 Å². The van der Waals surface area contributed by atoms with Gasteiger partial charge in [0.1, 0.15) is 0 Å². The first-order valence-electron chi connectivity index (χ1n) is 16.8. The summed E-state index contributed by atoms with van der Waals surface area (Å²) in [5.74, 6) is 1.04. The summed E-state index contributed by atoms with van der Waals surface area (Å²) >= 11 is 1.97. The summed E-state index contributed by atoms with van der Waals surface area (Å²) in [6.45, 7) is 0. The van der Waals surface area contributed by atoms with E-state index in [0.29, 0.717) is 17.8 Å². The van der Waals surface area contributed by atoms with Crippen molar-refractivity contribution in [3.63, 3.8) is 0 Å². The molecule has 0 spiro atoms. The van der Waals surface area contributed by atoms with Crippen molar-refractivity contribution in [3.05, 3.63) is 155 Å². The number of nitriles is 1. The number of allylic oxidation sites excluding steroid dienone is 10. The fraction of sp³-hybridized carbons (Fsp3) is 0.186. The Morgan fingerprint density at radius 1 is 0.723 bits per heavy atom. The van der Waals surface area contributed by atoms with Crippen LogP contribution in [0, 0.1) is 17.2 Å². The molecule has 0 saturated carbocycles. The van der Waals surface area contributed by atoms with Crippen molar-refractivity contribution in [2.45, 2.75) is 48.3 Å². The topological polar surface area (TPSA) is 32.0 Å². The van der Waals surface area contributed by atoms with E-state index in [2.05, 4.69) is 143 Å². The van der Waals surface area contributed by atoms with Crippen LogP contribution in [-0.2, 0) is 0 Å². The molecule has 0 fully saturated rings. The molecule has 4 atom stereocenters. The van der Waals surface area contributed by atoms with Gasteiger partial charge in [-0.25, -0.2) is 0 Å². The minimum atomic E-state index is -0.161. The average Bonchev–Trinajstić information content (AvgIpc) is 3.79.